The molecule has 0 heterocycles. The molecule has 0 bridgehead atoms. The average Bonchev–Trinajstić information content (AvgIpc) is 2.65. The molecule has 0 unspecified atom stereocenters. The highest BCUT2D eigenvalue weighted by Gasteiger charge is 2.13. The summed E-state index contributed by atoms with van der Waals surface area (Å²) in [4.78, 5) is 11.1. The van der Waals surface area contributed by atoms with Crippen molar-refractivity contribution in [1.29, 1.82) is 0 Å². The molecule has 0 atom stereocenters. The third kappa shape index (κ3) is 9.04. The number of urea groups is 1. The van der Waals surface area contributed by atoms with Crippen molar-refractivity contribution in [2.75, 3.05) is 19.2 Å². The SMILES string of the molecule is C#CC(C)(C)OCOc1ccc(NC(=O)NC)cc1.c1ccccc1. The summed E-state index contributed by atoms with van der Waals surface area (Å²) in [5.41, 5.74) is 0.0253. The summed E-state index contributed by atoms with van der Waals surface area (Å²) in [6, 6.07) is 18.7. The Labute approximate surface area is 149 Å². The highest BCUT2D eigenvalue weighted by molar-refractivity contribution is 5.88. The van der Waals surface area contributed by atoms with E-state index in [1.165, 1.54) is 0 Å². The first-order chi connectivity index (χ1) is 12.0. The molecule has 0 saturated carbocycles. The third-order valence-corrected chi connectivity index (χ3v) is 3.00. The zero-order chi connectivity index (χ0) is 18.5. The van der Waals surface area contributed by atoms with Crippen molar-refractivity contribution in [1.82, 2.24) is 5.32 Å². The topological polar surface area (TPSA) is 59.6 Å². The minimum absolute atomic E-state index is 0.0689. The Kier molecular flexibility index (Phi) is 8.62. The molecule has 132 valence electrons. The van der Waals surface area contributed by atoms with Crippen molar-refractivity contribution >= 4 is 11.7 Å². The molecule has 0 aliphatic heterocycles. The summed E-state index contributed by atoms with van der Waals surface area (Å²) >= 11 is 0. The Morgan fingerprint density at radius 1 is 1.08 bits per heavy atom. The van der Waals surface area contributed by atoms with Gasteiger partial charge in [0.05, 0.1) is 0 Å². The van der Waals surface area contributed by atoms with Gasteiger partial charge < -0.3 is 20.1 Å². The lowest BCUT2D eigenvalue weighted by atomic mass is 10.2. The Morgan fingerprint density at radius 2 is 1.60 bits per heavy atom. The van der Waals surface area contributed by atoms with E-state index in [2.05, 4.69) is 16.6 Å². The van der Waals surface area contributed by atoms with Gasteiger partial charge in [-0.1, -0.05) is 42.3 Å². The van der Waals surface area contributed by atoms with E-state index in [1.54, 1.807) is 45.2 Å². The molecule has 2 aromatic rings. The largest absolute Gasteiger partial charge is 0.467 e. The maximum Gasteiger partial charge on any atom is 0.318 e. The first-order valence-corrected chi connectivity index (χ1v) is 7.80. The second-order valence-electron chi connectivity index (χ2n) is 5.44. The van der Waals surface area contributed by atoms with Gasteiger partial charge >= 0.3 is 6.03 Å². The first-order valence-electron chi connectivity index (χ1n) is 7.80. The van der Waals surface area contributed by atoms with Gasteiger partial charge in [0.25, 0.3) is 0 Å². The molecule has 0 saturated heterocycles. The van der Waals surface area contributed by atoms with E-state index in [1.807, 2.05) is 36.4 Å². The number of terminal acetylenes is 1. The molecular weight excluding hydrogens is 316 g/mol. The molecule has 0 aliphatic carbocycles. The fourth-order valence-corrected chi connectivity index (χ4v) is 1.50. The molecule has 25 heavy (non-hydrogen) atoms. The Balaban J connectivity index is 0.000000435. The van der Waals surface area contributed by atoms with Crippen LogP contribution in [0.4, 0.5) is 10.5 Å². The van der Waals surface area contributed by atoms with Crippen LogP contribution in [0.2, 0.25) is 0 Å². The van der Waals surface area contributed by atoms with Gasteiger partial charge in [-0.15, -0.1) is 6.42 Å². The number of hydrogen-bond donors (Lipinski definition) is 2. The molecule has 2 aromatic carbocycles. The third-order valence-electron chi connectivity index (χ3n) is 3.00. The second-order valence-corrected chi connectivity index (χ2v) is 5.44. The molecule has 2 rings (SSSR count). The van der Waals surface area contributed by atoms with Crippen molar-refractivity contribution in [3.63, 3.8) is 0 Å². The number of anilines is 1. The fraction of sp³-hybridized carbons (Fsp3) is 0.250. The van der Waals surface area contributed by atoms with Crippen molar-refractivity contribution < 1.29 is 14.3 Å². The number of rotatable bonds is 5. The highest BCUT2D eigenvalue weighted by atomic mass is 16.7. The number of nitrogens with one attached hydrogen (secondary N) is 2. The molecule has 0 aromatic heterocycles. The van der Waals surface area contributed by atoms with Crippen LogP contribution in [0.1, 0.15) is 13.8 Å². The van der Waals surface area contributed by atoms with E-state index in [-0.39, 0.29) is 12.8 Å². The van der Waals surface area contributed by atoms with Crippen molar-refractivity contribution in [2.24, 2.45) is 0 Å². The monoisotopic (exact) mass is 340 g/mol. The summed E-state index contributed by atoms with van der Waals surface area (Å²) < 4.78 is 10.7. The summed E-state index contributed by atoms with van der Waals surface area (Å²) in [5.74, 6) is 3.14. The van der Waals surface area contributed by atoms with Crippen LogP contribution in [0, 0.1) is 12.3 Å². The van der Waals surface area contributed by atoms with E-state index < -0.39 is 5.60 Å². The van der Waals surface area contributed by atoms with Crippen LogP contribution in [-0.4, -0.2) is 25.5 Å². The zero-order valence-corrected chi connectivity index (χ0v) is 14.8. The maximum absolute atomic E-state index is 11.1. The normalized spacial score (nSPS) is 9.84. The van der Waals surface area contributed by atoms with Crippen molar-refractivity contribution in [3.8, 4) is 18.1 Å². The number of benzene rings is 2. The summed E-state index contributed by atoms with van der Waals surface area (Å²) in [6.07, 6.45) is 5.29. The van der Waals surface area contributed by atoms with Crippen LogP contribution in [0.5, 0.6) is 5.75 Å². The van der Waals surface area contributed by atoms with Gasteiger partial charge in [0.1, 0.15) is 11.4 Å². The van der Waals surface area contributed by atoms with Crippen LogP contribution < -0.4 is 15.4 Å². The van der Waals surface area contributed by atoms with Crippen LogP contribution in [0.25, 0.3) is 0 Å². The zero-order valence-electron chi connectivity index (χ0n) is 14.8. The summed E-state index contributed by atoms with van der Waals surface area (Å²) in [7, 11) is 1.55. The molecule has 0 fully saturated rings. The second kappa shape index (κ2) is 10.7. The Bertz CT molecular complexity index is 635. The molecule has 0 spiro atoms. The predicted octanol–water partition coefficient (Wildman–Crippen LogP) is 3.89. The molecular formula is C20H24N2O3. The molecule has 0 aliphatic rings. The molecule has 5 nitrogen and oxygen atoms in total. The van der Waals surface area contributed by atoms with E-state index >= 15 is 0 Å². The number of carbonyl (C=O) groups is 1. The van der Waals surface area contributed by atoms with E-state index in [4.69, 9.17) is 15.9 Å². The van der Waals surface area contributed by atoms with Gasteiger partial charge in [0, 0.05) is 12.7 Å². The summed E-state index contributed by atoms with van der Waals surface area (Å²) in [6.45, 7) is 3.64. The number of ether oxygens (including phenoxy) is 2. The minimum atomic E-state index is -0.652. The molecule has 5 heteroatoms. The molecule has 0 radical (unpaired) electrons. The number of amides is 2. The fourth-order valence-electron chi connectivity index (χ4n) is 1.50. The van der Waals surface area contributed by atoms with E-state index in [9.17, 15) is 4.79 Å². The number of carbonyl (C=O) groups excluding carboxylic acids is 1. The van der Waals surface area contributed by atoms with Crippen LogP contribution in [-0.2, 0) is 4.74 Å². The van der Waals surface area contributed by atoms with E-state index in [0.29, 0.717) is 11.4 Å². The van der Waals surface area contributed by atoms with Crippen LogP contribution in [0.3, 0.4) is 0 Å². The lowest BCUT2D eigenvalue weighted by molar-refractivity contribution is -0.0550. The number of hydrogen-bond acceptors (Lipinski definition) is 3. The predicted molar refractivity (Wildman–Crippen MR) is 100 cm³/mol. The van der Waals surface area contributed by atoms with Gasteiger partial charge in [-0.25, -0.2) is 4.79 Å². The van der Waals surface area contributed by atoms with Crippen molar-refractivity contribution in [2.45, 2.75) is 19.4 Å². The van der Waals surface area contributed by atoms with E-state index in [0.717, 1.165) is 0 Å². The molecule has 2 N–H and O–H groups in total. The molecule has 2 amide bonds. The maximum atomic E-state index is 11.1. The lowest BCUT2D eigenvalue weighted by Crippen LogP contribution is -2.24. The standard InChI is InChI=1S/C14H18N2O3.C6H6/c1-5-14(2,3)19-10-18-12-8-6-11(7-9-12)16-13(17)15-4;1-2-4-6-5-3-1/h1,6-9H,10H2,2-4H3,(H2,15,16,17);1-6H. The van der Waals surface area contributed by atoms with Crippen molar-refractivity contribution in [3.05, 3.63) is 60.7 Å². The van der Waals surface area contributed by atoms with Crippen LogP contribution in [0.15, 0.2) is 60.7 Å². The Morgan fingerprint density at radius 3 is 2.04 bits per heavy atom. The minimum Gasteiger partial charge on any atom is -0.467 e. The van der Waals surface area contributed by atoms with Gasteiger partial charge in [0.2, 0.25) is 0 Å². The van der Waals surface area contributed by atoms with Gasteiger partial charge in [0.15, 0.2) is 6.79 Å². The lowest BCUT2D eigenvalue weighted by Gasteiger charge is -2.18. The average molecular weight is 340 g/mol. The van der Waals surface area contributed by atoms with Gasteiger partial charge in [-0.2, -0.15) is 0 Å². The first kappa shape index (κ1) is 20.1. The highest BCUT2D eigenvalue weighted by Crippen LogP contribution is 2.16. The Hall–Kier alpha value is -2.97. The van der Waals surface area contributed by atoms with Gasteiger partial charge in [-0.05, 0) is 38.1 Å². The quantitative estimate of drug-likeness (QED) is 0.641. The smallest absolute Gasteiger partial charge is 0.318 e. The summed E-state index contributed by atoms with van der Waals surface area (Å²) in [5, 5.41) is 5.11. The van der Waals surface area contributed by atoms with Gasteiger partial charge in [-0.3, -0.25) is 0 Å². The van der Waals surface area contributed by atoms with Crippen LogP contribution >= 0.6 is 0 Å².